The number of para-hydroxylation sites is 1. The number of aromatic nitrogens is 2. The molecule has 3 N–H and O–H groups in total. The minimum absolute atomic E-state index is 0.0286. The van der Waals surface area contributed by atoms with Crippen LogP contribution in [-0.2, 0) is 11.3 Å². The second kappa shape index (κ2) is 4.95. The van der Waals surface area contributed by atoms with Crippen LogP contribution in [0.15, 0.2) is 18.2 Å². The average Bonchev–Trinajstić information content (AvgIpc) is 2.71. The molecule has 96 valence electrons. The quantitative estimate of drug-likeness (QED) is 0.837. The summed E-state index contributed by atoms with van der Waals surface area (Å²) in [6.45, 7) is 0.495. The summed E-state index contributed by atoms with van der Waals surface area (Å²) in [5, 5.41) is 2.58. The number of nitrogens with zero attached hydrogens (tertiary/aromatic N) is 2. The lowest BCUT2D eigenvalue weighted by Crippen LogP contribution is -2.19. The number of fused-ring (bicyclic) bond motifs is 1. The monoisotopic (exact) mass is 248 g/mol. The molecule has 0 saturated carbocycles. The summed E-state index contributed by atoms with van der Waals surface area (Å²) in [4.78, 5) is 15.5. The molecule has 1 heterocycles. The van der Waals surface area contributed by atoms with Gasteiger partial charge in [-0.15, -0.1) is 0 Å². The molecule has 1 aromatic heterocycles. The highest BCUT2D eigenvalue weighted by Gasteiger charge is 2.12. The SMILES string of the molecule is CNC(=O)CCn1c(N)nc2c(OC)cccc21. The minimum Gasteiger partial charge on any atom is -0.494 e. The van der Waals surface area contributed by atoms with E-state index in [1.165, 1.54) is 0 Å². The largest absolute Gasteiger partial charge is 0.494 e. The van der Waals surface area contributed by atoms with Crippen LogP contribution in [0.25, 0.3) is 11.0 Å². The van der Waals surface area contributed by atoms with E-state index in [0.717, 1.165) is 11.0 Å². The standard InChI is InChI=1S/C12H16N4O2/c1-14-10(17)6-7-16-8-4-3-5-9(18-2)11(8)15-12(16)13/h3-5H,6-7H2,1-2H3,(H2,13,15)(H,14,17). The first kappa shape index (κ1) is 12.2. The zero-order valence-corrected chi connectivity index (χ0v) is 10.4. The Labute approximate surface area is 105 Å². The number of benzene rings is 1. The fraction of sp³-hybridized carbons (Fsp3) is 0.333. The Kier molecular flexibility index (Phi) is 3.36. The molecule has 18 heavy (non-hydrogen) atoms. The second-order valence-electron chi connectivity index (χ2n) is 3.87. The third kappa shape index (κ3) is 2.09. The number of methoxy groups -OCH3 is 1. The summed E-state index contributed by atoms with van der Waals surface area (Å²) in [7, 11) is 3.20. The molecule has 2 rings (SSSR count). The highest BCUT2D eigenvalue weighted by Crippen LogP contribution is 2.26. The third-order valence-electron chi connectivity index (χ3n) is 2.83. The van der Waals surface area contributed by atoms with Gasteiger partial charge in [0.2, 0.25) is 11.9 Å². The Morgan fingerprint density at radius 1 is 1.56 bits per heavy atom. The van der Waals surface area contributed by atoms with E-state index < -0.39 is 0 Å². The summed E-state index contributed by atoms with van der Waals surface area (Å²) < 4.78 is 7.04. The summed E-state index contributed by atoms with van der Waals surface area (Å²) in [6.07, 6.45) is 0.364. The number of nitrogens with two attached hydrogens (primary N) is 1. The van der Waals surface area contributed by atoms with Crippen LogP contribution in [0, 0.1) is 0 Å². The van der Waals surface area contributed by atoms with Gasteiger partial charge < -0.3 is 20.4 Å². The normalized spacial score (nSPS) is 10.6. The van der Waals surface area contributed by atoms with E-state index in [-0.39, 0.29) is 5.91 Å². The second-order valence-corrected chi connectivity index (χ2v) is 3.87. The van der Waals surface area contributed by atoms with Gasteiger partial charge in [0, 0.05) is 20.0 Å². The molecule has 0 fully saturated rings. The molecule has 6 nitrogen and oxygen atoms in total. The number of amides is 1. The zero-order valence-electron chi connectivity index (χ0n) is 10.4. The molecular weight excluding hydrogens is 232 g/mol. The van der Waals surface area contributed by atoms with Crippen molar-refractivity contribution < 1.29 is 9.53 Å². The number of aryl methyl sites for hydroxylation is 1. The molecule has 0 saturated heterocycles. The van der Waals surface area contributed by atoms with Gasteiger partial charge >= 0.3 is 0 Å². The first-order valence-corrected chi connectivity index (χ1v) is 5.66. The van der Waals surface area contributed by atoms with Crippen molar-refractivity contribution in [2.45, 2.75) is 13.0 Å². The van der Waals surface area contributed by atoms with Crippen LogP contribution >= 0.6 is 0 Å². The van der Waals surface area contributed by atoms with E-state index in [1.807, 2.05) is 22.8 Å². The van der Waals surface area contributed by atoms with E-state index in [1.54, 1.807) is 14.2 Å². The summed E-state index contributed by atoms with van der Waals surface area (Å²) in [5.74, 6) is 1.04. The van der Waals surface area contributed by atoms with Crippen LogP contribution in [0.3, 0.4) is 0 Å². The molecule has 0 aliphatic heterocycles. The van der Waals surface area contributed by atoms with E-state index >= 15 is 0 Å². The van der Waals surface area contributed by atoms with Crippen LogP contribution in [0.2, 0.25) is 0 Å². The predicted molar refractivity (Wildman–Crippen MR) is 69.4 cm³/mol. The Bertz CT molecular complexity index is 577. The van der Waals surface area contributed by atoms with Gasteiger partial charge in [0.05, 0.1) is 12.6 Å². The van der Waals surface area contributed by atoms with Gasteiger partial charge in [-0.3, -0.25) is 4.79 Å². The fourth-order valence-electron chi connectivity index (χ4n) is 1.88. The van der Waals surface area contributed by atoms with Crippen molar-refractivity contribution in [1.29, 1.82) is 0 Å². The third-order valence-corrected chi connectivity index (χ3v) is 2.83. The van der Waals surface area contributed by atoms with Crippen molar-refractivity contribution >= 4 is 22.9 Å². The molecule has 1 aromatic carbocycles. The molecule has 0 spiro atoms. The zero-order chi connectivity index (χ0) is 13.1. The Morgan fingerprint density at radius 3 is 3.00 bits per heavy atom. The van der Waals surface area contributed by atoms with Crippen LogP contribution in [-0.4, -0.2) is 29.6 Å². The van der Waals surface area contributed by atoms with Crippen molar-refractivity contribution in [2.24, 2.45) is 0 Å². The van der Waals surface area contributed by atoms with Crippen molar-refractivity contribution in [3.8, 4) is 5.75 Å². The van der Waals surface area contributed by atoms with Gasteiger partial charge in [-0.1, -0.05) is 6.07 Å². The predicted octanol–water partition coefficient (Wildman–Crippen LogP) is 0.763. The van der Waals surface area contributed by atoms with E-state index in [2.05, 4.69) is 10.3 Å². The first-order valence-electron chi connectivity index (χ1n) is 5.66. The van der Waals surface area contributed by atoms with Gasteiger partial charge in [-0.2, -0.15) is 0 Å². The molecular formula is C12H16N4O2. The van der Waals surface area contributed by atoms with Crippen LogP contribution in [0.1, 0.15) is 6.42 Å². The number of nitrogens with one attached hydrogen (secondary N) is 1. The van der Waals surface area contributed by atoms with Crippen LogP contribution in [0.4, 0.5) is 5.95 Å². The Morgan fingerprint density at radius 2 is 2.33 bits per heavy atom. The van der Waals surface area contributed by atoms with Crippen LogP contribution < -0.4 is 15.8 Å². The molecule has 1 amide bonds. The van der Waals surface area contributed by atoms with Gasteiger partial charge in [0.15, 0.2) is 0 Å². The summed E-state index contributed by atoms with van der Waals surface area (Å²) >= 11 is 0. The average molecular weight is 248 g/mol. The highest BCUT2D eigenvalue weighted by molar-refractivity contribution is 5.84. The lowest BCUT2D eigenvalue weighted by Gasteiger charge is -2.06. The number of carbonyl (C=O) groups excluding carboxylic acids is 1. The number of carbonyl (C=O) groups is 1. The topological polar surface area (TPSA) is 82.2 Å². The first-order chi connectivity index (χ1) is 8.67. The van der Waals surface area contributed by atoms with E-state index in [9.17, 15) is 4.79 Å². The Balaban J connectivity index is 2.38. The number of hydrogen-bond acceptors (Lipinski definition) is 4. The number of hydrogen-bond donors (Lipinski definition) is 2. The number of ether oxygens (including phenoxy) is 1. The van der Waals surface area contributed by atoms with Gasteiger partial charge in [0.1, 0.15) is 11.3 Å². The number of rotatable bonds is 4. The molecule has 6 heteroatoms. The van der Waals surface area contributed by atoms with Crippen molar-refractivity contribution in [3.63, 3.8) is 0 Å². The van der Waals surface area contributed by atoms with Gasteiger partial charge in [-0.05, 0) is 12.1 Å². The van der Waals surface area contributed by atoms with E-state index in [0.29, 0.717) is 24.7 Å². The lowest BCUT2D eigenvalue weighted by molar-refractivity contribution is -0.120. The molecule has 2 aromatic rings. The summed E-state index contributed by atoms with van der Waals surface area (Å²) in [6, 6.07) is 5.61. The highest BCUT2D eigenvalue weighted by atomic mass is 16.5. The van der Waals surface area contributed by atoms with Gasteiger partial charge in [0.25, 0.3) is 0 Å². The van der Waals surface area contributed by atoms with Crippen molar-refractivity contribution in [3.05, 3.63) is 18.2 Å². The maximum Gasteiger partial charge on any atom is 0.221 e. The molecule has 0 bridgehead atoms. The minimum atomic E-state index is -0.0286. The molecule has 0 aliphatic rings. The maximum atomic E-state index is 11.3. The lowest BCUT2D eigenvalue weighted by atomic mass is 10.3. The van der Waals surface area contributed by atoms with Crippen molar-refractivity contribution in [2.75, 3.05) is 19.9 Å². The Hall–Kier alpha value is -2.24. The van der Waals surface area contributed by atoms with E-state index in [4.69, 9.17) is 10.5 Å². The van der Waals surface area contributed by atoms with Crippen molar-refractivity contribution in [1.82, 2.24) is 14.9 Å². The molecule has 0 atom stereocenters. The number of anilines is 1. The van der Waals surface area contributed by atoms with Gasteiger partial charge in [-0.25, -0.2) is 4.98 Å². The summed E-state index contributed by atoms with van der Waals surface area (Å²) in [5.41, 5.74) is 7.46. The number of nitrogen functional groups attached to an aromatic ring is 1. The smallest absolute Gasteiger partial charge is 0.221 e. The molecule has 0 radical (unpaired) electrons. The maximum absolute atomic E-state index is 11.3. The van der Waals surface area contributed by atoms with Crippen LogP contribution in [0.5, 0.6) is 5.75 Å². The molecule has 0 unspecified atom stereocenters. The number of imidazole rings is 1. The fourth-order valence-corrected chi connectivity index (χ4v) is 1.88. The molecule has 0 aliphatic carbocycles.